The highest BCUT2D eigenvalue weighted by molar-refractivity contribution is 5.94. The molecule has 7 nitrogen and oxygen atoms in total. The zero-order valence-electron chi connectivity index (χ0n) is 14.7. The molecule has 4 rings (SSSR count). The summed E-state index contributed by atoms with van der Waals surface area (Å²) < 4.78 is 5.28. The SMILES string of the molecule is COc1cccc([C@H]2CC(=O)Nc3nc(N4CCCCC4)[nH]c(=O)c32)c1. The molecule has 1 aromatic heterocycles. The summed E-state index contributed by atoms with van der Waals surface area (Å²) in [4.78, 5) is 34.7. The number of anilines is 2. The maximum atomic E-state index is 12.9. The third kappa shape index (κ3) is 3.05. The van der Waals surface area contributed by atoms with Gasteiger partial charge in [0.2, 0.25) is 11.9 Å². The molecule has 3 heterocycles. The molecule has 1 fully saturated rings. The highest BCUT2D eigenvalue weighted by Crippen LogP contribution is 2.35. The summed E-state index contributed by atoms with van der Waals surface area (Å²) in [5, 5.41) is 2.78. The first kappa shape index (κ1) is 16.6. The van der Waals surface area contributed by atoms with Gasteiger partial charge in [0.1, 0.15) is 11.6 Å². The van der Waals surface area contributed by atoms with Crippen molar-refractivity contribution in [1.29, 1.82) is 0 Å². The van der Waals surface area contributed by atoms with Gasteiger partial charge in [0.05, 0.1) is 12.7 Å². The van der Waals surface area contributed by atoms with Crippen molar-refractivity contribution in [3.63, 3.8) is 0 Å². The molecule has 136 valence electrons. The number of hydrogen-bond acceptors (Lipinski definition) is 5. The number of fused-ring (bicyclic) bond motifs is 1. The minimum atomic E-state index is -0.333. The first-order chi connectivity index (χ1) is 12.7. The van der Waals surface area contributed by atoms with E-state index in [1.165, 1.54) is 6.42 Å². The molecule has 2 aromatic rings. The average molecular weight is 354 g/mol. The minimum absolute atomic E-state index is 0.131. The Balaban J connectivity index is 1.77. The topological polar surface area (TPSA) is 87.3 Å². The molecule has 7 heteroatoms. The zero-order valence-corrected chi connectivity index (χ0v) is 14.7. The van der Waals surface area contributed by atoms with E-state index in [2.05, 4.69) is 20.2 Å². The first-order valence-corrected chi connectivity index (χ1v) is 8.98. The second kappa shape index (κ2) is 6.82. The van der Waals surface area contributed by atoms with Crippen LogP contribution in [0.4, 0.5) is 11.8 Å². The summed E-state index contributed by atoms with van der Waals surface area (Å²) >= 11 is 0. The Labute approximate surface area is 151 Å². The van der Waals surface area contributed by atoms with Crippen molar-refractivity contribution in [2.45, 2.75) is 31.6 Å². The van der Waals surface area contributed by atoms with Gasteiger partial charge in [-0.1, -0.05) is 12.1 Å². The Hall–Kier alpha value is -2.83. The van der Waals surface area contributed by atoms with Crippen molar-refractivity contribution >= 4 is 17.7 Å². The van der Waals surface area contributed by atoms with Crippen molar-refractivity contribution in [3.05, 3.63) is 45.7 Å². The minimum Gasteiger partial charge on any atom is -0.497 e. The van der Waals surface area contributed by atoms with Gasteiger partial charge >= 0.3 is 0 Å². The lowest BCUT2D eigenvalue weighted by atomic mass is 9.87. The van der Waals surface area contributed by atoms with Gasteiger partial charge < -0.3 is 15.0 Å². The fourth-order valence-corrected chi connectivity index (χ4v) is 3.76. The Bertz CT molecular complexity index is 887. The molecule has 2 N–H and O–H groups in total. The van der Waals surface area contributed by atoms with E-state index in [-0.39, 0.29) is 23.8 Å². The van der Waals surface area contributed by atoms with E-state index in [1.807, 2.05) is 24.3 Å². The van der Waals surface area contributed by atoms with Gasteiger partial charge in [-0.15, -0.1) is 0 Å². The Morgan fingerprint density at radius 2 is 2.00 bits per heavy atom. The molecule has 0 saturated carbocycles. The predicted molar refractivity (Wildman–Crippen MR) is 99.0 cm³/mol. The molecule has 1 amide bonds. The maximum absolute atomic E-state index is 12.9. The van der Waals surface area contributed by atoms with Crippen LogP contribution in [0.3, 0.4) is 0 Å². The number of ether oxygens (including phenoxy) is 1. The lowest BCUT2D eigenvalue weighted by Crippen LogP contribution is -2.36. The molecule has 26 heavy (non-hydrogen) atoms. The van der Waals surface area contributed by atoms with E-state index in [4.69, 9.17) is 4.74 Å². The monoisotopic (exact) mass is 354 g/mol. The number of carbonyl (C=O) groups excluding carboxylic acids is 1. The fraction of sp³-hybridized carbons (Fsp3) is 0.421. The number of nitrogens with zero attached hydrogens (tertiary/aromatic N) is 2. The number of piperidine rings is 1. The van der Waals surface area contributed by atoms with Gasteiger partial charge in [0.15, 0.2) is 0 Å². The Morgan fingerprint density at radius 3 is 2.77 bits per heavy atom. The van der Waals surface area contributed by atoms with Crippen molar-refractivity contribution in [3.8, 4) is 5.75 Å². The van der Waals surface area contributed by atoms with Crippen LogP contribution >= 0.6 is 0 Å². The quantitative estimate of drug-likeness (QED) is 0.883. The smallest absolute Gasteiger partial charge is 0.258 e. The molecule has 2 aliphatic rings. The van der Waals surface area contributed by atoms with Crippen LogP contribution in [0.2, 0.25) is 0 Å². The van der Waals surface area contributed by atoms with Gasteiger partial charge in [-0.25, -0.2) is 0 Å². The second-order valence-electron chi connectivity index (χ2n) is 6.78. The molecule has 0 bridgehead atoms. The molecule has 1 saturated heterocycles. The molecule has 1 aromatic carbocycles. The lowest BCUT2D eigenvalue weighted by molar-refractivity contribution is -0.116. The Kier molecular flexibility index (Phi) is 4.36. The summed E-state index contributed by atoms with van der Waals surface area (Å²) in [6.07, 6.45) is 3.58. The van der Waals surface area contributed by atoms with Gasteiger partial charge in [-0.2, -0.15) is 4.98 Å². The number of hydrogen-bond donors (Lipinski definition) is 2. The number of carbonyl (C=O) groups is 1. The van der Waals surface area contributed by atoms with E-state index >= 15 is 0 Å². The van der Waals surface area contributed by atoms with Crippen LogP contribution in [0, 0.1) is 0 Å². The van der Waals surface area contributed by atoms with Crippen molar-refractivity contribution < 1.29 is 9.53 Å². The second-order valence-corrected chi connectivity index (χ2v) is 6.78. The van der Waals surface area contributed by atoms with Crippen LogP contribution in [-0.2, 0) is 4.79 Å². The Morgan fingerprint density at radius 1 is 1.19 bits per heavy atom. The standard InChI is InChI=1S/C19H22N4O3/c1-26-13-7-5-6-12(10-13)14-11-15(24)20-17-16(14)18(25)22-19(21-17)23-8-3-2-4-9-23/h5-7,10,14H,2-4,8-9,11H2,1H3,(H2,20,21,22,24,25)/t14-/m1/s1. The molecular formula is C19H22N4O3. The highest BCUT2D eigenvalue weighted by Gasteiger charge is 2.31. The number of H-pyrrole nitrogens is 1. The van der Waals surface area contributed by atoms with Gasteiger partial charge in [-0.3, -0.25) is 14.6 Å². The molecule has 2 aliphatic heterocycles. The molecule has 0 radical (unpaired) electrons. The number of aromatic nitrogens is 2. The molecular weight excluding hydrogens is 332 g/mol. The summed E-state index contributed by atoms with van der Waals surface area (Å²) in [6.45, 7) is 1.74. The van der Waals surface area contributed by atoms with Crippen LogP contribution in [-0.4, -0.2) is 36.1 Å². The van der Waals surface area contributed by atoms with Crippen LogP contribution in [0.1, 0.15) is 42.7 Å². The average Bonchev–Trinajstić information content (AvgIpc) is 2.67. The number of rotatable bonds is 3. The predicted octanol–water partition coefficient (Wildman–Crippen LogP) is 2.24. The zero-order chi connectivity index (χ0) is 18.1. The molecule has 1 atom stereocenters. The molecule has 0 spiro atoms. The van der Waals surface area contributed by atoms with E-state index in [0.717, 1.165) is 31.5 Å². The van der Waals surface area contributed by atoms with Crippen molar-refractivity contribution in [1.82, 2.24) is 9.97 Å². The summed E-state index contributed by atoms with van der Waals surface area (Å²) in [5.41, 5.74) is 1.19. The number of amides is 1. The lowest BCUT2D eigenvalue weighted by Gasteiger charge is -2.29. The van der Waals surface area contributed by atoms with Gasteiger partial charge in [0, 0.05) is 25.4 Å². The molecule has 0 unspecified atom stereocenters. The first-order valence-electron chi connectivity index (χ1n) is 8.98. The van der Waals surface area contributed by atoms with Crippen molar-refractivity contribution in [2.24, 2.45) is 0 Å². The number of benzene rings is 1. The van der Waals surface area contributed by atoms with Crippen molar-refractivity contribution in [2.75, 3.05) is 30.4 Å². The van der Waals surface area contributed by atoms with Crippen LogP contribution < -0.4 is 20.5 Å². The van der Waals surface area contributed by atoms with E-state index < -0.39 is 0 Å². The highest BCUT2D eigenvalue weighted by atomic mass is 16.5. The maximum Gasteiger partial charge on any atom is 0.258 e. The summed E-state index contributed by atoms with van der Waals surface area (Å²) in [6, 6.07) is 7.48. The van der Waals surface area contributed by atoms with E-state index in [1.54, 1.807) is 7.11 Å². The molecule has 0 aliphatic carbocycles. The van der Waals surface area contributed by atoms with Crippen LogP contribution in [0.5, 0.6) is 5.75 Å². The third-order valence-electron chi connectivity index (χ3n) is 5.09. The van der Waals surface area contributed by atoms with E-state index in [0.29, 0.717) is 23.1 Å². The third-order valence-corrected chi connectivity index (χ3v) is 5.09. The van der Waals surface area contributed by atoms with Gasteiger partial charge in [-0.05, 0) is 37.0 Å². The van der Waals surface area contributed by atoms with Crippen LogP contribution in [0.15, 0.2) is 29.1 Å². The number of aromatic amines is 1. The number of methoxy groups -OCH3 is 1. The summed E-state index contributed by atoms with van der Waals surface area (Å²) in [5.74, 6) is 1.15. The van der Waals surface area contributed by atoms with E-state index in [9.17, 15) is 9.59 Å². The fourth-order valence-electron chi connectivity index (χ4n) is 3.76. The van der Waals surface area contributed by atoms with Gasteiger partial charge in [0.25, 0.3) is 5.56 Å². The van der Waals surface area contributed by atoms with Crippen LogP contribution in [0.25, 0.3) is 0 Å². The normalized spacial score (nSPS) is 19.7. The largest absolute Gasteiger partial charge is 0.497 e. The summed E-state index contributed by atoms with van der Waals surface area (Å²) in [7, 11) is 1.60. The number of nitrogens with one attached hydrogen (secondary N) is 2.